The van der Waals surface area contributed by atoms with Gasteiger partial charge in [0.1, 0.15) is 0 Å². The minimum absolute atomic E-state index is 0.182. The summed E-state index contributed by atoms with van der Waals surface area (Å²) in [7, 11) is 0. The van der Waals surface area contributed by atoms with Crippen LogP contribution in [0.2, 0.25) is 0 Å². The summed E-state index contributed by atoms with van der Waals surface area (Å²) in [6, 6.07) is 44.7. The SMILES string of the molecule is c1ccc(-c2nc(-c3ccccc3)nc(-c3cccc4[se]c5c(ccc6ccc7ccccc7c65)c34)n2)cc1. The molecular weight excluding hydrogens is 541 g/mol. The number of fused-ring (bicyclic) bond motifs is 7. The standard InChI is InChI=1S/C35H21N3Se/c1-3-11-24(12-4-1)33-36-34(25-13-5-2-6-14-25)38-35(37-33)28-16-9-17-29-31(28)27-21-20-23-19-18-22-10-7-8-15-26(22)30(23)32(27)39-29/h1-21H. The van der Waals surface area contributed by atoms with Crippen molar-refractivity contribution in [3.8, 4) is 34.2 Å². The predicted molar refractivity (Wildman–Crippen MR) is 163 cm³/mol. The molecule has 0 aliphatic rings. The summed E-state index contributed by atoms with van der Waals surface area (Å²) in [5.74, 6) is 2.08. The number of benzene rings is 6. The summed E-state index contributed by atoms with van der Waals surface area (Å²) >= 11 is 0.182. The summed E-state index contributed by atoms with van der Waals surface area (Å²) in [5, 5.41) is 7.82. The van der Waals surface area contributed by atoms with Crippen molar-refractivity contribution in [1.29, 1.82) is 0 Å². The van der Waals surface area contributed by atoms with Crippen LogP contribution in [0.5, 0.6) is 0 Å². The van der Waals surface area contributed by atoms with Crippen LogP contribution in [0.15, 0.2) is 127 Å². The number of rotatable bonds is 3. The Bertz CT molecular complexity index is 2110. The fraction of sp³-hybridized carbons (Fsp3) is 0. The topological polar surface area (TPSA) is 38.7 Å². The Labute approximate surface area is 231 Å². The van der Waals surface area contributed by atoms with Crippen molar-refractivity contribution < 1.29 is 0 Å². The van der Waals surface area contributed by atoms with Gasteiger partial charge in [0.05, 0.1) is 0 Å². The van der Waals surface area contributed by atoms with E-state index in [1.807, 2.05) is 36.4 Å². The Morgan fingerprint density at radius 2 is 1.03 bits per heavy atom. The van der Waals surface area contributed by atoms with Gasteiger partial charge >= 0.3 is 232 Å². The molecule has 0 unspecified atom stereocenters. The molecule has 0 saturated heterocycles. The zero-order chi connectivity index (χ0) is 25.8. The molecule has 4 heteroatoms. The van der Waals surface area contributed by atoms with Crippen molar-refractivity contribution in [1.82, 2.24) is 15.0 Å². The number of hydrogen-bond donors (Lipinski definition) is 0. The molecule has 0 aliphatic heterocycles. The van der Waals surface area contributed by atoms with Gasteiger partial charge in [-0.05, 0) is 0 Å². The van der Waals surface area contributed by atoms with Gasteiger partial charge in [0.25, 0.3) is 0 Å². The molecule has 0 spiro atoms. The molecule has 0 saturated carbocycles. The minimum atomic E-state index is 0.182. The summed E-state index contributed by atoms with van der Waals surface area (Å²) in [5.41, 5.74) is 3.02. The summed E-state index contributed by atoms with van der Waals surface area (Å²) in [6.07, 6.45) is 0. The van der Waals surface area contributed by atoms with Gasteiger partial charge in [-0.3, -0.25) is 0 Å². The first-order chi connectivity index (χ1) is 19.3. The van der Waals surface area contributed by atoms with Gasteiger partial charge in [-0.15, -0.1) is 0 Å². The molecule has 0 fully saturated rings. The summed E-state index contributed by atoms with van der Waals surface area (Å²) < 4.78 is 2.82. The van der Waals surface area contributed by atoms with Gasteiger partial charge in [-0.1, -0.05) is 0 Å². The first kappa shape index (κ1) is 22.4. The molecule has 6 aromatic carbocycles. The molecule has 0 bridgehead atoms. The summed E-state index contributed by atoms with van der Waals surface area (Å²) in [6.45, 7) is 0. The normalized spacial score (nSPS) is 11.6. The predicted octanol–water partition coefficient (Wildman–Crippen LogP) is 8.54. The van der Waals surface area contributed by atoms with E-state index in [4.69, 9.17) is 15.0 Å². The third-order valence-electron chi connectivity index (χ3n) is 7.31. The number of nitrogens with zero attached hydrogens (tertiary/aromatic N) is 3. The van der Waals surface area contributed by atoms with Crippen LogP contribution in [0, 0.1) is 0 Å². The number of aromatic nitrogens is 3. The molecule has 39 heavy (non-hydrogen) atoms. The van der Waals surface area contributed by atoms with E-state index >= 15 is 0 Å². The van der Waals surface area contributed by atoms with Crippen molar-refractivity contribution >= 4 is 55.3 Å². The first-order valence-electron chi connectivity index (χ1n) is 13.0. The molecule has 0 atom stereocenters. The molecule has 2 heterocycles. The van der Waals surface area contributed by atoms with Crippen molar-refractivity contribution in [2.75, 3.05) is 0 Å². The second-order valence-corrected chi connectivity index (χ2v) is 11.9. The first-order valence-corrected chi connectivity index (χ1v) is 14.7. The van der Waals surface area contributed by atoms with Crippen LogP contribution in [0.25, 0.3) is 75.0 Å². The van der Waals surface area contributed by atoms with E-state index in [0.29, 0.717) is 17.5 Å². The van der Waals surface area contributed by atoms with E-state index in [0.717, 1.165) is 16.7 Å². The molecule has 3 nitrogen and oxygen atoms in total. The molecule has 8 aromatic rings. The number of hydrogen-bond acceptors (Lipinski definition) is 3. The third-order valence-corrected chi connectivity index (χ3v) is 9.80. The quantitative estimate of drug-likeness (QED) is 0.160. The van der Waals surface area contributed by atoms with Crippen LogP contribution in [-0.2, 0) is 0 Å². The molecule has 0 amide bonds. The molecule has 0 radical (unpaired) electrons. The Balaban J connectivity index is 1.44. The van der Waals surface area contributed by atoms with Gasteiger partial charge in [0.2, 0.25) is 0 Å². The average molecular weight is 563 g/mol. The zero-order valence-electron chi connectivity index (χ0n) is 20.9. The molecule has 182 valence electrons. The van der Waals surface area contributed by atoms with Gasteiger partial charge < -0.3 is 0 Å². The van der Waals surface area contributed by atoms with Crippen LogP contribution in [0.4, 0.5) is 0 Å². The van der Waals surface area contributed by atoms with E-state index in [1.165, 1.54) is 40.8 Å². The van der Waals surface area contributed by atoms with Crippen molar-refractivity contribution in [2.45, 2.75) is 0 Å². The summed E-state index contributed by atoms with van der Waals surface area (Å²) in [4.78, 5) is 15.0. The fourth-order valence-corrected chi connectivity index (χ4v) is 8.21. The molecule has 0 N–H and O–H groups in total. The zero-order valence-corrected chi connectivity index (χ0v) is 22.6. The maximum atomic E-state index is 5.05. The second kappa shape index (κ2) is 8.99. The Kier molecular flexibility index (Phi) is 5.15. The van der Waals surface area contributed by atoms with Crippen LogP contribution >= 0.6 is 0 Å². The van der Waals surface area contributed by atoms with E-state index in [9.17, 15) is 0 Å². The van der Waals surface area contributed by atoms with Crippen molar-refractivity contribution in [3.63, 3.8) is 0 Å². The molecule has 8 rings (SSSR count). The Morgan fingerprint density at radius 1 is 0.410 bits per heavy atom. The van der Waals surface area contributed by atoms with E-state index in [1.54, 1.807) is 0 Å². The Hall–Kier alpha value is -4.63. The molecular formula is C35H21N3Se. The van der Waals surface area contributed by atoms with E-state index < -0.39 is 0 Å². The van der Waals surface area contributed by atoms with Crippen molar-refractivity contribution in [2.24, 2.45) is 0 Å². The van der Waals surface area contributed by atoms with Gasteiger partial charge in [0.15, 0.2) is 0 Å². The third kappa shape index (κ3) is 3.69. The monoisotopic (exact) mass is 563 g/mol. The van der Waals surface area contributed by atoms with E-state index in [-0.39, 0.29) is 14.5 Å². The van der Waals surface area contributed by atoms with Crippen molar-refractivity contribution in [3.05, 3.63) is 127 Å². The second-order valence-electron chi connectivity index (χ2n) is 9.65. The fourth-order valence-electron chi connectivity index (χ4n) is 5.49. The molecule has 2 aromatic heterocycles. The molecule has 0 aliphatic carbocycles. The van der Waals surface area contributed by atoms with Crippen LogP contribution in [-0.4, -0.2) is 29.5 Å². The van der Waals surface area contributed by atoms with Gasteiger partial charge in [-0.25, -0.2) is 0 Å². The van der Waals surface area contributed by atoms with Crippen LogP contribution < -0.4 is 0 Å². The van der Waals surface area contributed by atoms with E-state index in [2.05, 4.69) is 91.0 Å². The van der Waals surface area contributed by atoms with Gasteiger partial charge in [-0.2, -0.15) is 0 Å². The van der Waals surface area contributed by atoms with Crippen LogP contribution in [0.1, 0.15) is 0 Å². The van der Waals surface area contributed by atoms with Crippen LogP contribution in [0.3, 0.4) is 0 Å². The van der Waals surface area contributed by atoms with Gasteiger partial charge in [0, 0.05) is 0 Å². The Morgan fingerprint density at radius 3 is 1.77 bits per heavy atom. The maximum absolute atomic E-state index is 5.05. The average Bonchev–Trinajstić information content (AvgIpc) is 3.40.